The first kappa shape index (κ1) is 19.6. The third-order valence-corrected chi connectivity index (χ3v) is 5.93. The maximum atomic E-state index is 12.5. The number of benzene rings is 2. The van der Waals surface area contributed by atoms with E-state index in [0.29, 0.717) is 39.0 Å². The fourth-order valence-electron chi connectivity index (χ4n) is 2.62. The Morgan fingerprint density at radius 2 is 1.40 bits per heavy atom. The second-order valence-electron chi connectivity index (χ2n) is 6.00. The van der Waals surface area contributed by atoms with Crippen LogP contribution in [0.4, 0.5) is 0 Å². The number of sulfonamides is 1. The lowest BCUT2D eigenvalue weighted by atomic mass is 10.0. The maximum Gasteiger partial charge on any atom is 0.214 e. The third kappa shape index (κ3) is 5.93. The lowest BCUT2D eigenvalue weighted by Crippen LogP contribution is -2.34. The van der Waals surface area contributed by atoms with Crippen molar-refractivity contribution < 1.29 is 8.42 Å². The second kappa shape index (κ2) is 9.68. The van der Waals surface area contributed by atoms with Gasteiger partial charge in [0.25, 0.3) is 0 Å². The first-order chi connectivity index (χ1) is 12.1. The van der Waals surface area contributed by atoms with Crippen molar-refractivity contribution >= 4 is 10.0 Å². The van der Waals surface area contributed by atoms with E-state index >= 15 is 0 Å². The normalized spacial score (nSPS) is 11.8. The Morgan fingerprint density at radius 1 is 0.800 bits per heavy atom. The molecule has 25 heavy (non-hydrogen) atoms. The molecule has 2 aromatic rings. The van der Waals surface area contributed by atoms with Crippen LogP contribution in [0, 0.1) is 0 Å². The van der Waals surface area contributed by atoms with Crippen molar-refractivity contribution in [2.24, 2.45) is 11.5 Å². The van der Waals surface area contributed by atoms with E-state index in [1.807, 2.05) is 42.5 Å². The fourth-order valence-corrected chi connectivity index (χ4v) is 4.16. The van der Waals surface area contributed by atoms with E-state index in [-0.39, 0.29) is 5.75 Å². The molecule has 0 radical (unpaired) electrons. The smallest absolute Gasteiger partial charge is 0.214 e. The van der Waals surface area contributed by atoms with Crippen LogP contribution in [-0.4, -0.2) is 38.1 Å². The summed E-state index contributed by atoms with van der Waals surface area (Å²) in [7, 11) is -3.32. The molecule has 0 bridgehead atoms. The molecule has 0 unspecified atom stereocenters. The van der Waals surface area contributed by atoms with E-state index < -0.39 is 10.0 Å². The van der Waals surface area contributed by atoms with Gasteiger partial charge in [0, 0.05) is 13.1 Å². The van der Waals surface area contributed by atoms with Crippen LogP contribution >= 0.6 is 0 Å². The van der Waals surface area contributed by atoms with Gasteiger partial charge in [0.1, 0.15) is 0 Å². The van der Waals surface area contributed by atoms with Gasteiger partial charge in [-0.1, -0.05) is 54.6 Å². The number of nitrogens with two attached hydrogens (primary N) is 2. The van der Waals surface area contributed by atoms with Gasteiger partial charge < -0.3 is 11.5 Å². The van der Waals surface area contributed by atoms with Crippen LogP contribution in [0.3, 0.4) is 0 Å². The van der Waals surface area contributed by atoms with Crippen molar-refractivity contribution in [3.8, 4) is 11.1 Å². The van der Waals surface area contributed by atoms with E-state index in [0.717, 1.165) is 16.7 Å². The van der Waals surface area contributed by atoms with E-state index in [9.17, 15) is 8.42 Å². The molecule has 0 spiro atoms. The Labute approximate surface area is 150 Å². The predicted octanol–water partition coefficient (Wildman–Crippen LogP) is 2.18. The molecule has 2 aromatic carbocycles. The van der Waals surface area contributed by atoms with Gasteiger partial charge in [-0.25, -0.2) is 8.42 Å². The van der Waals surface area contributed by atoms with Gasteiger partial charge in [0.2, 0.25) is 10.0 Å². The second-order valence-corrected chi connectivity index (χ2v) is 8.09. The van der Waals surface area contributed by atoms with Crippen LogP contribution in [0.1, 0.15) is 18.4 Å². The minimum absolute atomic E-state index is 0.0795. The minimum atomic E-state index is -3.32. The SMILES string of the molecule is NCCCN(Cc1ccc(-c2ccccc2)cc1)S(=O)(=O)CCCN. The van der Waals surface area contributed by atoms with Crippen molar-refractivity contribution in [3.63, 3.8) is 0 Å². The molecular formula is C19H27N3O2S. The van der Waals surface area contributed by atoms with Crippen molar-refractivity contribution in [2.45, 2.75) is 19.4 Å². The van der Waals surface area contributed by atoms with Crippen molar-refractivity contribution in [2.75, 3.05) is 25.4 Å². The summed E-state index contributed by atoms with van der Waals surface area (Å²) in [6.45, 7) is 1.64. The van der Waals surface area contributed by atoms with Crippen molar-refractivity contribution in [1.29, 1.82) is 0 Å². The summed E-state index contributed by atoms with van der Waals surface area (Å²) in [5.41, 5.74) is 14.2. The van der Waals surface area contributed by atoms with Crippen LogP contribution < -0.4 is 11.5 Å². The molecule has 4 N–H and O–H groups in total. The number of hydrogen-bond acceptors (Lipinski definition) is 4. The Bertz CT molecular complexity index is 731. The van der Waals surface area contributed by atoms with Crippen LogP contribution in [0.15, 0.2) is 54.6 Å². The summed E-state index contributed by atoms with van der Waals surface area (Å²) >= 11 is 0. The standard InChI is InChI=1S/C19H27N3O2S/c20-12-4-14-22(25(23,24)15-5-13-21)16-17-8-10-19(11-9-17)18-6-2-1-3-7-18/h1-3,6-11H,4-5,12-16,20-21H2. The third-order valence-electron chi connectivity index (χ3n) is 4.03. The van der Waals surface area contributed by atoms with Crippen LogP contribution in [-0.2, 0) is 16.6 Å². The van der Waals surface area contributed by atoms with Crippen LogP contribution in [0.5, 0.6) is 0 Å². The lowest BCUT2D eigenvalue weighted by Gasteiger charge is -2.22. The van der Waals surface area contributed by atoms with Gasteiger partial charge in [0.05, 0.1) is 5.75 Å². The molecule has 0 aliphatic rings. The molecule has 0 aliphatic carbocycles. The summed E-state index contributed by atoms with van der Waals surface area (Å²) in [6, 6.07) is 18.1. The quantitative estimate of drug-likeness (QED) is 0.679. The number of rotatable bonds is 10. The highest BCUT2D eigenvalue weighted by Crippen LogP contribution is 2.20. The van der Waals surface area contributed by atoms with E-state index in [1.165, 1.54) is 4.31 Å². The topological polar surface area (TPSA) is 89.4 Å². The van der Waals surface area contributed by atoms with Crippen molar-refractivity contribution in [1.82, 2.24) is 4.31 Å². The summed E-state index contributed by atoms with van der Waals surface area (Å²) in [5, 5.41) is 0. The Balaban J connectivity index is 2.12. The molecule has 0 aliphatic heterocycles. The molecule has 0 amide bonds. The molecular weight excluding hydrogens is 334 g/mol. The minimum Gasteiger partial charge on any atom is -0.330 e. The average molecular weight is 362 g/mol. The molecule has 0 saturated heterocycles. The highest BCUT2D eigenvalue weighted by molar-refractivity contribution is 7.89. The van der Waals surface area contributed by atoms with Gasteiger partial charge in [-0.05, 0) is 42.6 Å². The summed E-state index contributed by atoms with van der Waals surface area (Å²) in [4.78, 5) is 0. The van der Waals surface area contributed by atoms with Gasteiger partial charge in [-0.3, -0.25) is 0 Å². The molecule has 2 rings (SSSR count). The monoisotopic (exact) mass is 361 g/mol. The van der Waals surface area contributed by atoms with E-state index in [4.69, 9.17) is 11.5 Å². The first-order valence-corrected chi connectivity index (χ1v) is 10.2. The molecule has 0 fully saturated rings. The van der Waals surface area contributed by atoms with Gasteiger partial charge >= 0.3 is 0 Å². The van der Waals surface area contributed by atoms with E-state index in [1.54, 1.807) is 0 Å². The zero-order valence-corrected chi connectivity index (χ0v) is 15.3. The molecule has 5 nitrogen and oxygen atoms in total. The largest absolute Gasteiger partial charge is 0.330 e. The molecule has 0 atom stereocenters. The lowest BCUT2D eigenvalue weighted by molar-refractivity contribution is 0.401. The van der Waals surface area contributed by atoms with Gasteiger partial charge in [0.15, 0.2) is 0 Å². The number of nitrogens with zero attached hydrogens (tertiary/aromatic N) is 1. The van der Waals surface area contributed by atoms with Crippen LogP contribution in [0.2, 0.25) is 0 Å². The van der Waals surface area contributed by atoms with Crippen LogP contribution in [0.25, 0.3) is 11.1 Å². The highest BCUT2D eigenvalue weighted by Gasteiger charge is 2.21. The fraction of sp³-hybridized carbons (Fsp3) is 0.368. The zero-order valence-electron chi connectivity index (χ0n) is 14.5. The summed E-state index contributed by atoms with van der Waals surface area (Å²) in [5.74, 6) is 0.0795. The summed E-state index contributed by atoms with van der Waals surface area (Å²) in [6.07, 6.45) is 1.11. The molecule has 0 heterocycles. The van der Waals surface area contributed by atoms with Crippen molar-refractivity contribution in [3.05, 3.63) is 60.2 Å². The zero-order chi connectivity index (χ0) is 18.1. The first-order valence-electron chi connectivity index (χ1n) is 8.59. The Morgan fingerprint density at radius 3 is 2.00 bits per heavy atom. The predicted molar refractivity (Wildman–Crippen MR) is 103 cm³/mol. The van der Waals surface area contributed by atoms with Gasteiger partial charge in [-0.2, -0.15) is 4.31 Å². The maximum absolute atomic E-state index is 12.5. The molecule has 0 aromatic heterocycles. The van der Waals surface area contributed by atoms with Gasteiger partial charge in [-0.15, -0.1) is 0 Å². The highest BCUT2D eigenvalue weighted by atomic mass is 32.2. The Kier molecular flexibility index (Phi) is 7.58. The average Bonchev–Trinajstić information content (AvgIpc) is 2.64. The molecule has 0 saturated carbocycles. The molecule has 136 valence electrons. The summed E-state index contributed by atoms with van der Waals surface area (Å²) < 4.78 is 26.6. The van der Waals surface area contributed by atoms with E-state index in [2.05, 4.69) is 12.1 Å². The number of hydrogen-bond donors (Lipinski definition) is 2. The Hall–Kier alpha value is -1.73. The molecule has 6 heteroatoms.